The maximum atomic E-state index is 12.2. The molecule has 0 fully saturated rings. The quantitative estimate of drug-likeness (QED) is 0.788. The Morgan fingerprint density at radius 2 is 2.07 bits per heavy atom. The highest BCUT2D eigenvalue weighted by atomic mass is 16.5. The molecule has 27 heavy (non-hydrogen) atoms. The zero-order valence-electron chi connectivity index (χ0n) is 15.5. The Balaban J connectivity index is 1.65. The van der Waals surface area contributed by atoms with Crippen molar-refractivity contribution in [2.24, 2.45) is 0 Å². The zero-order chi connectivity index (χ0) is 19.4. The van der Waals surface area contributed by atoms with Gasteiger partial charge in [-0.25, -0.2) is 0 Å². The minimum Gasteiger partial charge on any atom is -0.491 e. The lowest BCUT2D eigenvalue weighted by atomic mass is 10.2. The van der Waals surface area contributed by atoms with Gasteiger partial charge in [-0.1, -0.05) is 12.1 Å². The van der Waals surface area contributed by atoms with Gasteiger partial charge < -0.3 is 20.1 Å². The number of anilines is 2. The largest absolute Gasteiger partial charge is 0.491 e. The van der Waals surface area contributed by atoms with Crippen molar-refractivity contribution < 1.29 is 19.1 Å². The molecule has 0 aliphatic carbocycles. The summed E-state index contributed by atoms with van der Waals surface area (Å²) in [6.45, 7) is 5.60. The summed E-state index contributed by atoms with van der Waals surface area (Å²) in [6, 6.07) is 12.6. The predicted octanol–water partition coefficient (Wildman–Crippen LogP) is 3.85. The van der Waals surface area contributed by atoms with E-state index in [9.17, 15) is 9.59 Å². The summed E-state index contributed by atoms with van der Waals surface area (Å²) >= 11 is 0. The van der Waals surface area contributed by atoms with Gasteiger partial charge in [0.05, 0.1) is 11.8 Å². The fourth-order valence-electron chi connectivity index (χ4n) is 2.61. The number of fused-ring (bicyclic) bond motifs is 1. The molecule has 1 aliphatic rings. The molecule has 0 radical (unpaired) electrons. The highest BCUT2D eigenvalue weighted by molar-refractivity contribution is 6.03. The smallest absolute Gasteiger partial charge is 0.265 e. The Morgan fingerprint density at radius 3 is 2.85 bits per heavy atom. The highest BCUT2D eigenvalue weighted by Gasteiger charge is 2.23. The zero-order valence-corrected chi connectivity index (χ0v) is 15.5. The number of ether oxygens (including phenoxy) is 2. The Hall–Kier alpha value is -3.28. The third-order valence-corrected chi connectivity index (χ3v) is 3.83. The lowest BCUT2D eigenvalue weighted by molar-refractivity contribution is -0.122. The van der Waals surface area contributed by atoms with Crippen molar-refractivity contribution in [1.29, 1.82) is 0 Å². The first-order chi connectivity index (χ1) is 12.9. The fraction of sp³-hybridized carbons (Fsp3) is 0.238. The first kappa shape index (κ1) is 18.5. The summed E-state index contributed by atoms with van der Waals surface area (Å²) in [5.41, 5.74) is 1.97. The van der Waals surface area contributed by atoms with Gasteiger partial charge in [-0.15, -0.1) is 0 Å². The molecule has 1 atom stereocenters. The van der Waals surface area contributed by atoms with Crippen molar-refractivity contribution in [3.05, 3.63) is 54.1 Å². The number of hydrogen-bond donors (Lipinski definition) is 2. The lowest BCUT2D eigenvalue weighted by Gasteiger charge is -2.23. The number of carbonyl (C=O) groups is 2. The molecule has 2 amide bonds. The molecule has 0 saturated carbocycles. The monoisotopic (exact) mass is 366 g/mol. The normalized spacial score (nSPS) is 15.9. The van der Waals surface area contributed by atoms with Gasteiger partial charge in [0.1, 0.15) is 11.5 Å². The average molecular weight is 366 g/mol. The molecule has 0 bridgehead atoms. The van der Waals surface area contributed by atoms with Gasteiger partial charge in [0.25, 0.3) is 5.91 Å². The van der Waals surface area contributed by atoms with Crippen molar-refractivity contribution in [2.45, 2.75) is 33.0 Å². The minimum absolute atomic E-state index is 0.0870. The van der Waals surface area contributed by atoms with Gasteiger partial charge in [0.2, 0.25) is 5.91 Å². The topological polar surface area (TPSA) is 76.7 Å². The van der Waals surface area contributed by atoms with Crippen LogP contribution in [0.1, 0.15) is 26.3 Å². The van der Waals surface area contributed by atoms with Crippen LogP contribution in [0.25, 0.3) is 6.08 Å². The van der Waals surface area contributed by atoms with Crippen LogP contribution >= 0.6 is 0 Å². The molecule has 2 aromatic carbocycles. The van der Waals surface area contributed by atoms with Gasteiger partial charge in [0, 0.05) is 11.8 Å². The Bertz CT molecular complexity index is 890. The minimum atomic E-state index is -0.531. The summed E-state index contributed by atoms with van der Waals surface area (Å²) in [4.78, 5) is 23.9. The van der Waals surface area contributed by atoms with Crippen molar-refractivity contribution >= 4 is 29.3 Å². The second-order valence-electron chi connectivity index (χ2n) is 6.52. The molecule has 140 valence electrons. The second kappa shape index (κ2) is 7.95. The maximum Gasteiger partial charge on any atom is 0.265 e. The van der Waals surface area contributed by atoms with E-state index in [0.29, 0.717) is 17.1 Å². The van der Waals surface area contributed by atoms with Crippen LogP contribution in [0.3, 0.4) is 0 Å². The number of carbonyl (C=O) groups excluding carboxylic acids is 2. The van der Waals surface area contributed by atoms with Gasteiger partial charge in [-0.3, -0.25) is 9.59 Å². The summed E-state index contributed by atoms with van der Waals surface area (Å²) < 4.78 is 11.1. The SMILES string of the molecule is CC(C)Oc1cccc(/C=C/C(=O)Nc2ccc3c(c2)NC(=O)C(C)O3)c1. The van der Waals surface area contributed by atoms with Gasteiger partial charge in [-0.05, 0) is 62.7 Å². The fourth-order valence-corrected chi connectivity index (χ4v) is 2.61. The summed E-state index contributed by atoms with van der Waals surface area (Å²) in [7, 11) is 0. The van der Waals surface area contributed by atoms with Crippen molar-refractivity contribution in [2.75, 3.05) is 10.6 Å². The number of amides is 2. The molecule has 2 N–H and O–H groups in total. The number of rotatable bonds is 5. The summed E-state index contributed by atoms with van der Waals surface area (Å²) in [5, 5.41) is 5.53. The summed E-state index contributed by atoms with van der Waals surface area (Å²) in [5.74, 6) is 0.848. The van der Waals surface area contributed by atoms with E-state index in [4.69, 9.17) is 9.47 Å². The van der Waals surface area contributed by atoms with Crippen LogP contribution in [0.4, 0.5) is 11.4 Å². The van der Waals surface area contributed by atoms with Crippen LogP contribution in [-0.4, -0.2) is 24.0 Å². The molecule has 6 heteroatoms. The molecule has 6 nitrogen and oxygen atoms in total. The molecule has 0 aromatic heterocycles. The molecular formula is C21H22N2O4. The third-order valence-electron chi connectivity index (χ3n) is 3.83. The van der Waals surface area contributed by atoms with E-state index in [0.717, 1.165) is 11.3 Å². The average Bonchev–Trinajstić information content (AvgIpc) is 2.61. The van der Waals surface area contributed by atoms with Gasteiger partial charge in [0.15, 0.2) is 6.10 Å². The third kappa shape index (κ3) is 4.88. The molecule has 1 aliphatic heterocycles. The van der Waals surface area contributed by atoms with Gasteiger partial charge >= 0.3 is 0 Å². The molecule has 0 saturated heterocycles. The maximum absolute atomic E-state index is 12.2. The van der Waals surface area contributed by atoms with E-state index in [2.05, 4.69) is 10.6 Å². The lowest BCUT2D eigenvalue weighted by Crippen LogP contribution is -2.34. The number of nitrogens with one attached hydrogen (secondary N) is 2. The van der Waals surface area contributed by atoms with Crippen molar-refractivity contribution in [3.63, 3.8) is 0 Å². The predicted molar refractivity (Wildman–Crippen MR) is 105 cm³/mol. The molecule has 2 aromatic rings. The highest BCUT2D eigenvalue weighted by Crippen LogP contribution is 2.32. The Kier molecular flexibility index (Phi) is 5.45. The Labute approximate surface area is 158 Å². The first-order valence-electron chi connectivity index (χ1n) is 8.78. The number of hydrogen-bond acceptors (Lipinski definition) is 4. The first-order valence-corrected chi connectivity index (χ1v) is 8.78. The van der Waals surface area contributed by atoms with Crippen LogP contribution in [0.5, 0.6) is 11.5 Å². The van der Waals surface area contributed by atoms with E-state index < -0.39 is 6.10 Å². The van der Waals surface area contributed by atoms with Crippen molar-refractivity contribution in [3.8, 4) is 11.5 Å². The summed E-state index contributed by atoms with van der Waals surface area (Å²) in [6.07, 6.45) is 2.72. The van der Waals surface area contributed by atoms with Gasteiger partial charge in [-0.2, -0.15) is 0 Å². The van der Waals surface area contributed by atoms with E-state index in [1.807, 2.05) is 38.1 Å². The molecule has 1 heterocycles. The molecule has 1 unspecified atom stereocenters. The van der Waals surface area contributed by atoms with Crippen LogP contribution in [0, 0.1) is 0 Å². The van der Waals surface area contributed by atoms with Crippen LogP contribution < -0.4 is 20.1 Å². The van der Waals surface area contributed by atoms with E-state index in [1.165, 1.54) is 6.08 Å². The van der Waals surface area contributed by atoms with E-state index >= 15 is 0 Å². The molecule has 3 rings (SSSR count). The molecular weight excluding hydrogens is 344 g/mol. The number of benzene rings is 2. The van der Waals surface area contributed by atoms with Crippen LogP contribution in [0.15, 0.2) is 48.5 Å². The Morgan fingerprint density at radius 1 is 1.26 bits per heavy atom. The van der Waals surface area contributed by atoms with Crippen LogP contribution in [0.2, 0.25) is 0 Å². The van der Waals surface area contributed by atoms with E-state index in [-0.39, 0.29) is 17.9 Å². The van der Waals surface area contributed by atoms with E-state index in [1.54, 1.807) is 31.2 Å². The van der Waals surface area contributed by atoms with Crippen molar-refractivity contribution in [1.82, 2.24) is 0 Å². The van der Waals surface area contributed by atoms with Crippen LogP contribution in [-0.2, 0) is 9.59 Å². The standard InChI is InChI=1S/C21H22N2O4/c1-13(2)26-17-6-4-5-15(11-17)7-10-20(24)22-16-8-9-19-18(12-16)23-21(25)14(3)27-19/h4-14H,1-3H3,(H,22,24)(H,23,25)/b10-7+. The second-order valence-corrected chi connectivity index (χ2v) is 6.52. The molecule has 0 spiro atoms.